The summed E-state index contributed by atoms with van der Waals surface area (Å²) < 4.78 is 51.1. The minimum atomic E-state index is -5.03. The Hall–Kier alpha value is -1.24. The molecule has 8 heteroatoms. The number of hydrogen-bond acceptors (Lipinski definition) is 3. The average Bonchev–Trinajstić information content (AvgIpc) is 1.95. The highest BCUT2D eigenvalue weighted by molar-refractivity contribution is 6.32. The van der Waals surface area contributed by atoms with Gasteiger partial charge in [-0.15, -0.1) is 13.2 Å². The maximum atomic E-state index is 12.7. The summed E-state index contributed by atoms with van der Waals surface area (Å²) >= 11 is 5.26. The van der Waals surface area contributed by atoms with E-state index in [0.717, 1.165) is 6.07 Å². The monoisotopic (exact) mass is 230 g/mol. The van der Waals surface area contributed by atoms with Crippen molar-refractivity contribution >= 4 is 17.4 Å². The molecule has 1 aromatic rings. The predicted molar refractivity (Wildman–Crippen MR) is 40.3 cm³/mol. The lowest BCUT2D eigenvalue weighted by Gasteiger charge is -2.10. The summed E-state index contributed by atoms with van der Waals surface area (Å²) in [5.41, 5.74) is 5.02. The van der Waals surface area contributed by atoms with E-state index in [2.05, 4.69) is 9.72 Å². The van der Waals surface area contributed by atoms with Crippen LogP contribution in [0.4, 0.5) is 23.4 Å². The number of hydrogen-bond donors (Lipinski definition) is 1. The highest BCUT2D eigenvalue weighted by Crippen LogP contribution is 2.32. The lowest BCUT2D eigenvalue weighted by atomic mass is 10.4. The molecule has 0 fully saturated rings. The molecule has 0 aliphatic carbocycles. The molecular weight excluding hydrogens is 228 g/mol. The molecule has 3 nitrogen and oxygen atoms in total. The van der Waals surface area contributed by atoms with Gasteiger partial charge in [0.25, 0.3) is 5.95 Å². The summed E-state index contributed by atoms with van der Waals surface area (Å²) in [6.07, 6.45) is -5.03. The Morgan fingerprint density at radius 1 is 1.43 bits per heavy atom. The van der Waals surface area contributed by atoms with Crippen molar-refractivity contribution < 1.29 is 22.3 Å². The lowest BCUT2D eigenvalue weighted by Crippen LogP contribution is -2.18. The van der Waals surface area contributed by atoms with Crippen LogP contribution in [0.1, 0.15) is 0 Å². The molecule has 0 saturated heterocycles. The maximum Gasteiger partial charge on any atom is 0.573 e. The average molecular weight is 231 g/mol. The van der Waals surface area contributed by atoms with Gasteiger partial charge >= 0.3 is 6.36 Å². The van der Waals surface area contributed by atoms with Crippen LogP contribution in [0.25, 0.3) is 0 Å². The van der Waals surface area contributed by atoms with Crippen LogP contribution in [-0.2, 0) is 0 Å². The van der Waals surface area contributed by atoms with Crippen molar-refractivity contribution in [3.63, 3.8) is 0 Å². The first-order valence-electron chi connectivity index (χ1n) is 3.17. The number of anilines is 1. The molecule has 1 aromatic heterocycles. The summed E-state index contributed by atoms with van der Waals surface area (Å²) in [5, 5.41) is -0.590. The van der Waals surface area contributed by atoms with Crippen LogP contribution in [0.2, 0.25) is 5.02 Å². The molecule has 1 rings (SSSR count). The SMILES string of the molecule is Nc1cc(Cl)c(OC(F)(F)F)c(F)n1. The zero-order valence-electron chi connectivity index (χ0n) is 6.40. The Kier molecular flexibility index (Phi) is 2.70. The standard InChI is InChI=1S/C6H3ClF4N2O/c7-2-1-3(12)13-5(8)4(2)14-6(9,10)11/h1H,(H2,12,13). The molecule has 0 unspecified atom stereocenters. The second-order valence-electron chi connectivity index (χ2n) is 2.20. The number of nitrogens with two attached hydrogens (primary N) is 1. The van der Waals surface area contributed by atoms with Crippen molar-refractivity contribution in [3.05, 3.63) is 17.0 Å². The Morgan fingerprint density at radius 3 is 2.43 bits per heavy atom. The van der Waals surface area contributed by atoms with Gasteiger partial charge in [-0.3, -0.25) is 0 Å². The number of nitrogen functional groups attached to an aromatic ring is 1. The number of alkyl halides is 3. The van der Waals surface area contributed by atoms with E-state index in [4.69, 9.17) is 17.3 Å². The minimum Gasteiger partial charge on any atom is -0.399 e. The second kappa shape index (κ2) is 3.49. The first-order valence-corrected chi connectivity index (χ1v) is 3.54. The van der Waals surface area contributed by atoms with Crippen LogP contribution in [-0.4, -0.2) is 11.3 Å². The molecule has 2 N–H and O–H groups in total. The lowest BCUT2D eigenvalue weighted by molar-refractivity contribution is -0.275. The third-order valence-corrected chi connectivity index (χ3v) is 1.40. The van der Waals surface area contributed by atoms with Gasteiger partial charge in [0.1, 0.15) is 5.82 Å². The highest BCUT2D eigenvalue weighted by Gasteiger charge is 2.34. The Bertz CT molecular complexity index is 331. The van der Waals surface area contributed by atoms with Gasteiger partial charge in [0, 0.05) is 6.07 Å². The predicted octanol–water partition coefficient (Wildman–Crippen LogP) is 2.35. The Balaban J connectivity index is 3.09. The number of aromatic nitrogens is 1. The van der Waals surface area contributed by atoms with E-state index >= 15 is 0 Å². The van der Waals surface area contributed by atoms with Gasteiger partial charge in [-0.2, -0.15) is 9.37 Å². The van der Waals surface area contributed by atoms with E-state index in [0.29, 0.717) is 0 Å². The second-order valence-corrected chi connectivity index (χ2v) is 2.60. The minimum absolute atomic E-state index is 0.331. The Labute approximate surface area is 80.4 Å². The van der Waals surface area contributed by atoms with Gasteiger partial charge < -0.3 is 10.5 Å². The van der Waals surface area contributed by atoms with E-state index in [-0.39, 0.29) is 5.82 Å². The zero-order valence-corrected chi connectivity index (χ0v) is 7.16. The first-order chi connectivity index (χ1) is 6.29. The van der Waals surface area contributed by atoms with Crippen LogP contribution in [0.3, 0.4) is 0 Å². The van der Waals surface area contributed by atoms with Gasteiger partial charge in [0.05, 0.1) is 5.02 Å². The van der Waals surface area contributed by atoms with Gasteiger partial charge in [0.2, 0.25) is 5.75 Å². The number of nitrogens with zero attached hydrogens (tertiary/aromatic N) is 1. The molecule has 0 aliphatic heterocycles. The molecule has 0 atom stereocenters. The fraction of sp³-hybridized carbons (Fsp3) is 0.167. The molecule has 0 amide bonds. The quantitative estimate of drug-likeness (QED) is 0.595. The Morgan fingerprint density at radius 2 is 2.00 bits per heavy atom. The van der Waals surface area contributed by atoms with E-state index in [1.807, 2.05) is 0 Å². The first kappa shape index (κ1) is 10.8. The third kappa shape index (κ3) is 2.63. The van der Waals surface area contributed by atoms with E-state index in [9.17, 15) is 17.6 Å². The molecule has 1 heterocycles. The van der Waals surface area contributed by atoms with Crippen molar-refractivity contribution in [3.8, 4) is 5.75 Å². The smallest absolute Gasteiger partial charge is 0.399 e. The molecule has 0 spiro atoms. The largest absolute Gasteiger partial charge is 0.573 e. The van der Waals surface area contributed by atoms with Crippen LogP contribution < -0.4 is 10.5 Å². The van der Waals surface area contributed by atoms with Crippen molar-refractivity contribution in [1.82, 2.24) is 4.98 Å². The maximum absolute atomic E-state index is 12.7. The molecule has 0 bridgehead atoms. The molecule has 0 radical (unpaired) electrons. The van der Waals surface area contributed by atoms with E-state index < -0.39 is 23.1 Å². The number of rotatable bonds is 1. The molecule has 0 aromatic carbocycles. The molecular formula is C6H3ClF4N2O. The fourth-order valence-electron chi connectivity index (χ4n) is 0.697. The van der Waals surface area contributed by atoms with Gasteiger partial charge in [-0.1, -0.05) is 11.6 Å². The highest BCUT2D eigenvalue weighted by atomic mass is 35.5. The summed E-state index contributed by atoms with van der Waals surface area (Å²) in [7, 11) is 0. The normalized spacial score (nSPS) is 11.5. The molecule has 0 saturated carbocycles. The third-order valence-electron chi connectivity index (χ3n) is 1.12. The summed E-state index contributed by atoms with van der Waals surface area (Å²) in [6, 6.07) is 0.853. The van der Waals surface area contributed by atoms with Crippen LogP contribution >= 0.6 is 11.6 Å². The molecule has 78 valence electrons. The summed E-state index contributed by atoms with van der Waals surface area (Å²) in [5.74, 6) is -3.03. The van der Waals surface area contributed by atoms with E-state index in [1.54, 1.807) is 0 Å². The molecule has 0 aliphatic rings. The van der Waals surface area contributed by atoms with Gasteiger partial charge in [0.15, 0.2) is 0 Å². The van der Waals surface area contributed by atoms with Crippen molar-refractivity contribution in [2.24, 2.45) is 0 Å². The number of ether oxygens (including phenoxy) is 1. The van der Waals surface area contributed by atoms with E-state index in [1.165, 1.54) is 0 Å². The van der Waals surface area contributed by atoms with Gasteiger partial charge in [-0.05, 0) is 0 Å². The molecule has 14 heavy (non-hydrogen) atoms. The van der Waals surface area contributed by atoms with Crippen LogP contribution in [0.15, 0.2) is 6.07 Å². The topological polar surface area (TPSA) is 48.1 Å². The fourth-order valence-corrected chi connectivity index (χ4v) is 0.925. The summed E-state index contributed by atoms with van der Waals surface area (Å²) in [4.78, 5) is 2.92. The number of pyridine rings is 1. The van der Waals surface area contributed by atoms with Crippen molar-refractivity contribution in [1.29, 1.82) is 0 Å². The number of halogens is 5. The van der Waals surface area contributed by atoms with Crippen LogP contribution in [0.5, 0.6) is 5.75 Å². The summed E-state index contributed by atoms with van der Waals surface area (Å²) in [6.45, 7) is 0. The van der Waals surface area contributed by atoms with Gasteiger partial charge in [-0.25, -0.2) is 0 Å². The zero-order chi connectivity index (χ0) is 10.9. The van der Waals surface area contributed by atoms with Crippen LogP contribution in [0, 0.1) is 5.95 Å². The van der Waals surface area contributed by atoms with Crippen molar-refractivity contribution in [2.45, 2.75) is 6.36 Å². The van der Waals surface area contributed by atoms with Crippen molar-refractivity contribution in [2.75, 3.05) is 5.73 Å².